The van der Waals surface area contributed by atoms with Gasteiger partial charge in [0, 0.05) is 25.4 Å². The lowest BCUT2D eigenvalue weighted by molar-refractivity contribution is 0.0957. The van der Waals surface area contributed by atoms with Gasteiger partial charge in [-0.05, 0) is 25.0 Å². The summed E-state index contributed by atoms with van der Waals surface area (Å²) in [6, 6.07) is 1.87. The fourth-order valence-corrected chi connectivity index (χ4v) is 2.79. The average molecular weight is 302 g/mol. The topological polar surface area (TPSA) is 83.8 Å². The molecule has 2 aromatic rings. The number of thiophene rings is 1. The van der Waals surface area contributed by atoms with Gasteiger partial charge in [0.1, 0.15) is 5.82 Å². The molecule has 0 saturated heterocycles. The molecular formula is C15H18N4OS. The summed E-state index contributed by atoms with van der Waals surface area (Å²) in [6.45, 7) is 2.90. The Balaban J connectivity index is 1.83. The second-order valence-electron chi connectivity index (χ2n) is 4.52. The molecule has 0 bridgehead atoms. The number of hydrogen-bond acceptors (Lipinski definition) is 4. The zero-order valence-electron chi connectivity index (χ0n) is 11.9. The molecule has 2 rings (SSSR count). The number of rotatable bonds is 5. The van der Waals surface area contributed by atoms with E-state index in [-0.39, 0.29) is 5.91 Å². The van der Waals surface area contributed by atoms with E-state index >= 15 is 0 Å². The molecule has 0 spiro atoms. The van der Waals surface area contributed by atoms with Crippen molar-refractivity contribution >= 4 is 17.2 Å². The number of carbonyl (C=O) groups excluding carboxylic acids is 1. The molecule has 4 N–H and O–H groups in total. The summed E-state index contributed by atoms with van der Waals surface area (Å²) in [5.74, 6) is 6.68. The quantitative estimate of drug-likeness (QED) is 0.577. The monoisotopic (exact) mass is 302 g/mol. The maximum absolute atomic E-state index is 12.0. The van der Waals surface area contributed by atoms with E-state index in [1.807, 2.05) is 13.0 Å². The zero-order chi connectivity index (χ0) is 15.1. The van der Waals surface area contributed by atoms with Gasteiger partial charge in [-0.2, -0.15) is 0 Å². The number of aromatic amines is 1. The lowest BCUT2D eigenvalue weighted by Gasteiger charge is -2.02. The van der Waals surface area contributed by atoms with Crippen LogP contribution in [0.3, 0.4) is 0 Å². The summed E-state index contributed by atoms with van der Waals surface area (Å²) < 4.78 is 0. The number of nitrogens with two attached hydrogens (primary N) is 1. The Morgan fingerprint density at radius 2 is 2.43 bits per heavy atom. The van der Waals surface area contributed by atoms with Gasteiger partial charge in [-0.25, -0.2) is 4.98 Å². The molecule has 2 heterocycles. The molecule has 0 aliphatic heterocycles. The van der Waals surface area contributed by atoms with Gasteiger partial charge < -0.3 is 16.0 Å². The van der Waals surface area contributed by atoms with Crippen LogP contribution in [0.2, 0.25) is 0 Å². The molecule has 0 atom stereocenters. The van der Waals surface area contributed by atoms with Crippen LogP contribution in [0, 0.1) is 18.8 Å². The molecule has 2 aromatic heterocycles. The van der Waals surface area contributed by atoms with Crippen molar-refractivity contribution in [3.05, 3.63) is 39.6 Å². The highest BCUT2D eigenvalue weighted by atomic mass is 32.1. The first-order valence-corrected chi connectivity index (χ1v) is 7.58. The molecule has 0 aliphatic rings. The van der Waals surface area contributed by atoms with E-state index in [9.17, 15) is 4.79 Å². The van der Waals surface area contributed by atoms with Crippen LogP contribution < -0.4 is 11.1 Å². The second-order valence-corrected chi connectivity index (χ2v) is 5.58. The molecule has 0 unspecified atom stereocenters. The predicted molar refractivity (Wildman–Crippen MR) is 84.2 cm³/mol. The van der Waals surface area contributed by atoms with Crippen molar-refractivity contribution in [2.75, 3.05) is 13.1 Å². The van der Waals surface area contributed by atoms with Crippen LogP contribution in [0.15, 0.2) is 18.5 Å². The number of aromatic nitrogens is 2. The highest BCUT2D eigenvalue weighted by molar-refractivity contribution is 7.14. The summed E-state index contributed by atoms with van der Waals surface area (Å²) in [5, 5.41) is 2.91. The normalized spacial score (nSPS) is 10.0. The Bertz CT molecular complexity index is 649. The first-order chi connectivity index (χ1) is 10.2. The van der Waals surface area contributed by atoms with E-state index in [1.54, 1.807) is 12.4 Å². The van der Waals surface area contributed by atoms with E-state index in [1.165, 1.54) is 11.3 Å². The first kappa shape index (κ1) is 15.3. The maximum atomic E-state index is 12.0. The van der Waals surface area contributed by atoms with Crippen LogP contribution in [0.4, 0.5) is 0 Å². The van der Waals surface area contributed by atoms with Crippen molar-refractivity contribution < 1.29 is 4.79 Å². The van der Waals surface area contributed by atoms with E-state index < -0.39 is 0 Å². The molecule has 5 nitrogen and oxygen atoms in total. The summed E-state index contributed by atoms with van der Waals surface area (Å²) >= 11 is 1.40. The number of carbonyl (C=O) groups is 1. The molecule has 0 aliphatic carbocycles. The van der Waals surface area contributed by atoms with Crippen molar-refractivity contribution in [3.63, 3.8) is 0 Å². The zero-order valence-corrected chi connectivity index (χ0v) is 12.7. The second kappa shape index (κ2) is 7.62. The maximum Gasteiger partial charge on any atom is 0.261 e. The minimum absolute atomic E-state index is 0.0525. The number of amides is 1. The fraction of sp³-hybridized carbons (Fsp3) is 0.333. The number of H-pyrrole nitrogens is 1. The molecular weight excluding hydrogens is 284 g/mol. The highest BCUT2D eigenvalue weighted by Crippen LogP contribution is 2.20. The molecule has 0 fully saturated rings. The van der Waals surface area contributed by atoms with E-state index in [4.69, 9.17) is 5.73 Å². The van der Waals surface area contributed by atoms with Crippen molar-refractivity contribution in [2.45, 2.75) is 19.8 Å². The Morgan fingerprint density at radius 3 is 3.14 bits per heavy atom. The molecule has 1 amide bonds. The van der Waals surface area contributed by atoms with Gasteiger partial charge in [-0.3, -0.25) is 4.79 Å². The standard InChI is InChI=1S/C15H18N4OS/c1-11-10-13(21-12(11)4-2-6-16)15(20)19-7-3-5-14-17-8-9-18-14/h8-10H,3,5-7,16H2,1H3,(H,17,18)(H,19,20). The number of hydrogen-bond donors (Lipinski definition) is 3. The molecule has 21 heavy (non-hydrogen) atoms. The third-order valence-corrected chi connectivity index (χ3v) is 4.03. The Kier molecular flexibility index (Phi) is 5.55. The molecule has 6 heteroatoms. The minimum Gasteiger partial charge on any atom is -0.351 e. The van der Waals surface area contributed by atoms with Gasteiger partial charge in [-0.1, -0.05) is 11.8 Å². The van der Waals surface area contributed by atoms with Crippen molar-refractivity contribution in [1.82, 2.24) is 15.3 Å². The van der Waals surface area contributed by atoms with Gasteiger partial charge in [0.2, 0.25) is 0 Å². The van der Waals surface area contributed by atoms with Crippen LogP contribution >= 0.6 is 11.3 Å². The van der Waals surface area contributed by atoms with Crippen LogP contribution in [0.1, 0.15) is 32.4 Å². The predicted octanol–water partition coefficient (Wildman–Crippen LogP) is 1.45. The number of imidazole rings is 1. The third kappa shape index (κ3) is 4.45. The first-order valence-electron chi connectivity index (χ1n) is 6.76. The molecule has 0 radical (unpaired) electrons. The fourth-order valence-electron chi connectivity index (χ4n) is 1.83. The highest BCUT2D eigenvalue weighted by Gasteiger charge is 2.10. The molecule has 110 valence electrons. The Hall–Kier alpha value is -2.10. The van der Waals surface area contributed by atoms with Gasteiger partial charge >= 0.3 is 0 Å². The average Bonchev–Trinajstić information content (AvgIpc) is 3.11. The summed E-state index contributed by atoms with van der Waals surface area (Å²) in [6.07, 6.45) is 5.20. The Morgan fingerprint density at radius 1 is 1.57 bits per heavy atom. The summed E-state index contributed by atoms with van der Waals surface area (Å²) in [7, 11) is 0. The van der Waals surface area contributed by atoms with Crippen molar-refractivity contribution in [2.24, 2.45) is 5.73 Å². The van der Waals surface area contributed by atoms with Crippen molar-refractivity contribution in [1.29, 1.82) is 0 Å². The van der Waals surface area contributed by atoms with Gasteiger partial charge in [0.15, 0.2) is 0 Å². The Labute approximate surface area is 128 Å². The van der Waals surface area contributed by atoms with Crippen LogP contribution in [0.25, 0.3) is 0 Å². The van der Waals surface area contributed by atoms with E-state index in [0.717, 1.165) is 29.1 Å². The SMILES string of the molecule is Cc1cc(C(=O)NCCCc2ncc[nH]2)sc1C#CCN. The number of nitrogens with one attached hydrogen (secondary N) is 2. The summed E-state index contributed by atoms with van der Waals surface area (Å²) in [5.41, 5.74) is 6.37. The lowest BCUT2D eigenvalue weighted by Crippen LogP contribution is -2.23. The minimum atomic E-state index is -0.0525. The van der Waals surface area contributed by atoms with Gasteiger partial charge in [0.05, 0.1) is 16.3 Å². The van der Waals surface area contributed by atoms with E-state index in [2.05, 4.69) is 27.1 Å². The van der Waals surface area contributed by atoms with Gasteiger partial charge in [-0.15, -0.1) is 11.3 Å². The largest absolute Gasteiger partial charge is 0.351 e. The van der Waals surface area contributed by atoms with E-state index in [0.29, 0.717) is 18.0 Å². The number of aryl methyl sites for hydroxylation is 2. The number of nitrogens with zero attached hydrogens (tertiary/aromatic N) is 1. The van der Waals surface area contributed by atoms with Crippen molar-refractivity contribution in [3.8, 4) is 11.8 Å². The smallest absolute Gasteiger partial charge is 0.261 e. The molecule has 0 saturated carbocycles. The lowest BCUT2D eigenvalue weighted by atomic mass is 10.2. The van der Waals surface area contributed by atoms with Gasteiger partial charge in [0.25, 0.3) is 5.91 Å². The third-order valence-electron chi connectivity index (χ3n) is 2.88. The van der Waals surface area contributed by atoms with Crippen LogP contribution in [0.5, 0.6) is 0 Å². The van der Waals surface area contributed by atoms with Crippen LogP contribution in [-0.2, 0) is 6.42 Å². The molecule has 0 aromatic carbocycles. The summed E-state index contributed by atoms with van der Waals surface area (Å²) in [4.78, 5) is 20.8. The van der Waals surface area contributed by atoms with Crippen LogP contribution in [-0.4, -0.2) is 29.0 Å².